The average Bonchev–Trinajstić information content (AvgIpc) is 3.30. The summed E-state index contributed by atoms with van der Waals surface area (Å²) in [5.74, 6) is 1.76. The maximum atomic E-state index is 12.9. The summed E-state index contributed by atoms with van der Waals surface area (Å²) in [5.41, 5.74) is 4.05. The maximum absolute atomic E-state index is 12.9. The van der Waals surface area contributed by atoms with Crippen LogP contribution in [0.15, 0.2) is 72.9 Å². The van der Waals surface area contributed by atoms with E-state index in [2.05, 4.69) is 27.5 Å². The molecule has 8 heteroatoms. The van der Waals surface area contributed by atoms with Gasteiger partial charge in [-0.2, -0.15) is 9.78 Å². The monoisotopic (exact) mass is 478 g/mol. The zero-order valence-electron chi connectivity index (χ0n) is 20.4. The Hall–Kier alpha value is -4.59. The second-order valence-electron chi connectivity index (χ2n) is 8.37. The lowest BCUT2D eigenvalue weighted by Gasteiger charge is -2.16. The third-order valence-electron chi connectivity index (χ3n) is 5.85. The Bertz CT molecular complexity index is 1550. The van der Waals surface area contributed by atoms with Crippen LogP contribution >= 0.6 is 0 Å². The number of carbonyl (C=O) groups excluding carboxylic acids is 1. The van der Waals surface area contributed by atoms with E-state index < -0.39 is 5.97 Å². The zero-order chi connectivity index (χ0) is 25.1. The van der Waals surface area contributed by atoms with E-state index in [0.29, 0.717) is 35.3 Å². The zero-order valence-corrected chi connectivity index (χ0v) is 20.4. The third kappa shape index (κ3) is 4.65. The molecule has 0 bridgehead atoms. The molecule has 0 saturated carbocycles. The van der Waals surface area contributed by atoms with Gasteiger partial charge in [0.1, 0.15) is 17.2 Å². The highest BCUT2D eigenvalue weighted by molar-refractivity contribution is 5.95. The highest BCUT2D eigenvalue weighted by Gasteiger charge is 2.23. The predicted molar refractivity (Wildman–Crippen MR) is 139 cm³/mol. The molecule has 0 fully saturated rings. The molecular formula is C28H26N6O2. The molecule has 5 rings (SSSR count). The van der Waals surface area contributed by atoms with E-state index in [9.17, 15) is 4.79 Å². The molecule has 0 atom stereocenters. The summed E-state index contributed by atoms with van der Waals surface area (Å²) in [7, 11) is 0. The minimum atomic E-state index is -0.473. The Balaban J connectivity index is 1.63. The van der Waals surface area contributed by atoms with Crippen LogP contribution < -0.4 is 5.32 Å². The molecule has 0 unspecified atom stereocenters. The highest BCUT2D eigenvalue weighted by Crippen LogP contribution is 2.28. The van der Waals surface area contributed by atoms with Crippen molar-refractivity contribution < 1.29 is 9.53 Å². The fourth-order valence-corrected chi connectivity index (χ4v) is 4.14. The summed E-state index contributed by atoms with van der Waals surface area (Å²) in [5, 5.41) is 8.90. The van der Waals surface area contributed by atoms with Gasteiger partial charge in [-0.15, -0.1) is 0 Å². The molecule has 2 aromatic carbocycles. The van der Waals surface area contributed by atoms with Gasteiger partial charge >= 0.3 is 5.97 Å². The van der Waals surface area contributed by atoms with Crippen LogP contribution in [0.3, 0.4) is 0 Å². The minimum absolute atomic E-state index is 0.253. The van der Waals surface area contributed by atoms with E-state index in [1.807, 2.05) is 68.4 Å². The van der Waals surface area contributed by atoms with Crippen molar-refractivity contribution in [1.29, 1.82) is 0 Å². The smallest absolute Gasteiger partial charge is 0.343 e. The summed E-state index contributed by atoms with van der Waals surface area (Å²) in [4.78, 5) is 26.9. The van der Waals surface area contributed by atoms with Crippen molar-refractivity contribution in [1.82, 2.24) is 24.7 Å². The molecule has 8 nitrogen and oxygen atoms in total. The number of nitrogens with zero attached hydrogens (tertiary/aromatic N) is 5. The molecule has 1 N–H and O–H groups in total. The van der Waals surface area contributed by atoms with E-state index in [1.165, 1.54) is 6.20 Å². The molecule has 3 heterocycles. The summed E-state index contributed by atoms with van der Waals surface area (Å²) in [6.45, 7) is 5.84. The molecule has 5 aromatic rings. The Labute approximate surface area is 209 Å². The number of aryl methyl sites for hydroxylation is 2. The van der Waals surface area contributed by atoms with Crippen LogP contribution in [0.25, 0.3) is 16.7 Å². The Morgan fingerprint density at radius 2 is 1.72 bits per heavy atom. The van der Waals surface area contributed by atoms with Crippen LogP contribution in [0, 0.1) is 13.8 Å². The van der Waals surface area contributed by atoms with Crippen molar-refractivity contribution in [2.75, 3.05) is 11.9 Å². The van der Waals surface area contributed by atoms with Gasteiger partial charge in [0.2, 0.25) is 0 Å². The summed E-state index contributed by atoms with van der Waals surface area (Å²) in [6.07, 6.45) is 2.13. The van der Waals surface area contributed by atoms with Crippen molar-refractivity contribution in [2.24, 2.45) is 0 Å². The van der Waals surface area contributed by atoms with Gasteiger partial charge in [-0.3, -0.25) is 0 Å². The number of rotatable bonds is 7. The topological polar surface area (TPSA) is 94.8 Å². The number of esters is 1. The number of carbonyl (C=O) groups is 1. The molecule has 0 aliphatic carbocycles. The Morgan fingerprint density at radius 3 is 2.53 bits per heavy atom. The fourth-order valence-electron chi connectivity index (χ4n) is 4.14. The predicted octanol–water partition coefficient (Wildman–Crippen LogP) is 5.34. The van der Waals surface area contributed by atoms with Gasteiger partial charge < -0.3 is 10.1 Å². The highest BCUT2D eigenvalue weighted by atomic mass is 16.5. The van der Waals surface area contributed by atoms with E-state index in [4.69, 9.17) is 14.7 Å². The quantitative estimate of drug-likeness (QED) is 0.316. The van der Waals surface area contributed by atoms with E-state index >= 15 is 0 Å². The van der Waals surface area contributed by atoms with Crippen LogP contribution in [0.1, 0.15) is 39.9 Å². The normalized spacial score (nSPS) is 11.0. The number of ether oxygens (including phenoxy) is 1. The first-order valence-corrected chi connectivity index (χ1v) is 11.8. The lowest BCUT2D eigenvalue weighted by atomic mass is 10.0. The molecular weight excluding hydrogens is 452 g/mol. The number of para-hydroxylation sites is 1. The van der Waals surface area contributed by atoms with Gasteiger partial charge in [0.05, 0.1) is 18.3 Å². The number of hydrogen-bond acceptors (Lipinski definition) is 7. The molecule has 180 valence electrons. The molecule has 0 spiro atoms. The molecule has 0 aliphatic heterocycles. The van der Waals surface area contributed by atoms with Crippen LogP contribution in [-0.4, -0.2) is 37.3 Å². The second kappa shape index (κ2) is 9.95. The Kier molecular flexibility index (Phi) is 6.40. The van der Waals surface area contributed by atoms with Crippen molar-refractivity contribution in [3.05, 3.63) is 101 Å². The second-order valence-corrected chi connectivity index (χ2v) is 8.37. The maximum Gasteiger partial charge on any atom is 0.343 e. The van der Waals surface area contributed by atoms with Gasteiger partial charge in [0.25, 0.3) is 0 Å². The first kappa shape index (κ1) is 23.2. The number of benzene rings is 2. The van der Waals surface area contributed by atoms with Gasteiger partial charge in [-0.05, 0) is 44.5 Å². The molecule has 0 saturated heterocycles. The van der Waals surface area contributed by atoms with E-state index in [-0.39, 0.29) is 6.61 Å². The number of fused-ring (bicyclic) bond motifs is 1. The first-order chi connectivity index (χ1) is 17.5. The Morgan fingerprint density at radius 1 is 0.944 bits per heavy atom. The third-order valence-corrected chi connectivity index (χ3v) is 5.85. The largest absolute Gasteiger partial charge is 0.462 e. The number of anilines is 2. The number of pyridine rings is 1. The molecule has 3 aromatic heterocycles. The first-order valence-electron chi connectivity index (χ1n) is 11.8. The van der Waals surface area contributed by atoms with Crippen LogP contribution in [0.5, 0.6) is 0 Å². The number of aromatic nitrogens is 5. The van der Waals surface area contributed by atoms with Gasteiger partial charge in [-0.25, -0.2) is 19.7 Å². The summed E-state index contributed by atoms with van der Waals surface area (Å²) >= 11 is 0. The summed E-state index contributed by atoms with van der Waals surface area (Å²) in [6, 6.07) is 21.8. The molecule has 0 aliphatic rings. The number of nitrogens with one attached hydrogen (secondary N) is 1. The van der Waals surface area contributed by atoms with Gasteiger partial charge in [0, 0.05) is 23.1 Å². The van der Waals surface area contributed by atoms with Gasteiger partial charge in [0.15, 0.2) is 11.6 Å². The summed E-state index contributed by atoms with van der Waals surface area (Å²) < 4.78 is 6.92. The average molecular weight is 479 g/mol. The lowest BCUT2D eigenvalue weighted by Crippen LogP contribution is -2.13. The van der Waals surface area contributed by atoms with Crippen LogP contribution in [-0.2, 0) is 11.2 Å². The van der Waals surface area contributed by atoms with Crippen molar-refractivity contribution in [3.63, 3.8) is 0 Å². The SMILES string of the molecule is CCOC(=O)c1cnn(-c2ccc3ccccc3n2)c1Nc1nc(C)nc(C)c1Cc1ccccc1. The fraction of sp³-hybridized carbons (Fsp3) is 0.179. The van der Waals surface area contributed by atoms with Crippen molar-refractivity contribution in [3.8, 4) is 5.82 Å². The van der Waals surface area contributed by atoms with Crippen LogP contribution in [0.4, 0.5) is 11.6 Å². The lowest BCUT2D eigenvalue weighted by molar-refractivity contribution is 0.0527. The molecule has 0 amide bonds. The molecule has 36 heavy (non-hydrogen) atoms. The van der Waals surface area contributed by atoms with E-state index in [1.54, 1.807) is 11.6 Å². The van der Waals surface area contributed by atoms with E-state index in [0.717, 1.165) is 27.7 Å². The minimum Gasteiger partial charge on any atom is -0.462 e. The van der Waals surface area contributed by atoms with Crippen LogP contribution in [0.2, 0.25) is 0 Å². The van der Waals surface area contributed by atoms with Crippen molar-refractivity contribution in [2.45, 2.75) is 27.2 Å². The number of hydrogen-bond donors (Lipinski definition) is 1. The molecule has 0 radical (unpaired) electrons. The van der Waals surface area contributed by atoms with Gasteiger partial charge in [-0.1, -0.05) is 48.5 Å². The standard InChI is InChI=1S/C28H26N6O2/c1-4-36-28(35)23-17-29-34(25-15-14-21-12-8-9-13-24(21)32-25)27(23)33-26-22(18(2)30-19(3)31-26)16-20-10-6-5-7-11-20/h5-15,17H,4,16H2,1-3H3,(H,30,31,33). The van der Waals surface area contributed by atoms with Crippen molar-refractivity contribution >= 4 is 28.5 Å².